The predicted molar refractivity (Wildman–Crippen MR) is 100 cm³/mol. The molecule has 3 rings (SSSR count). The van der Waals surface area contributed by atoms with E-state index in [1.807, 2.05) is 24.5 Å². The van der Waals surface area contributed by atoms with Gasteiger partial charge in [0.2, 0.25) is 4.80 Å². The van der Waals surface area contributed by atoms with Crippen molar-refractivity contribution in [2.75, 3.05) is 13.7 Å². The summed E-state index contributed by atoms with van der Waals surface area (Å²) in [5, 5.41) is 0. The molecule has 138 valence electrons. The van der Waals surface area contributed by atoms with Crippen molar-refractivity contribution in [2.24, 2.45) is 4.40 Å². The van der Waals surface area contributed by atoms with Gasteiger partial charge in [-0.1, -0.05) is 17.4 Å². The fraction of sp³-hybridized carbons (Fsp3) is 0.278. The lowest BCUT2D eigenvalue weighted by Crippen LogP contribution is -2.19. The molecule has 8 heteroatoms. The van der Waals surface area contributed by atoms with Crippen molar-refractivity contribution in [3.8, 4) is 0 Å². The Morgan fingerprint density at radius 1 is 1.19 bits per heavy atom. The number of hydrogen-bond acceptors (Lipinski definition) is 4. The van der Waals surface area contributed by atoms with Gasteiger partial charge >= 0.3 is 0 Å². The summed E-state index contributed by atoms with van der Waals surface area (Å²) in [7, 11) is -2.35. The standard InChI is InChI=1S/C18H19FN2O3S2/c1-12-10-13(2)17-16(11-12)21(8-9-24-3)18(25-17)20-26(22,23)15-6-4-14(19)5-7-15/h4-7,10-11H,8-9H2,1-3H3. The van der Waals surface area contributed by atoms with Crippen molar-refractivity contribution >= 4 is 31.6 Å². The highest BCUT2D eigenvalue weighted by molar-refractivity contribution is 7.90. The number of aryl methyl sites for hydroxylation is 2. The zero-order valence-corrected chi connectivity index (χ0v) is 16.3. The minimum atomic E-state index is -3.94. The number of aromatic nitrogens is 1. The number of nitrogens with zero attached hydrogens (tertiary/aromatic N) is 2. The third-order valence-corrected chi connectivity index (χ3v) is 6.57. The maximum absolute atomic E-state index is 13.1. The molecule has 0 amide bonds. The molecule has 26 heavy (non-hydrogen) atoms. The molecule has 0 bridgehead atoms. The topological polar surface area (TPSA) is 60.7 Å². The molecule has 0 radical (unpaired) electrons. The summed E-state index contributed by atoms with van der Waals surface area (Å²) < 4.78 is 50.4. The summed E-state index contributed by atoms with van der Waals surface area (Å²) in [5.74, 6) is -0.493. The summed E-state index contributed by atoms with van der Waals surface area (Å²) in [6.45, 7) is 4.90. The van der Waals surface area contributed by atoms with Crippen LogP contribution in [0.25, 0.3) is 10.2 Å². The first kappa shape index (κ1) is 18.8. The van der Waals surface area contributed by atoms with Gasteiger partial charge in [-0.15, -0.1) is 4.40 Å². The molecule has 1 heterocycles. The van der Waals surface area contributed by atoms with Crippen molar-refractivity contribution < 1.29 is 17.5 Å². The molecule has 0 fully saturated rings. The molecular formula is C18H19FN2O3S2. The maximum Gasteiger partial charge on any atom is 0.285 e. The second-order valence-corrected chi connectivity index (χ2v) is 8.56. The zero-order chi connectivity index (χ0) is 18.9. The van der Waals surface area contributed by atoms with E-state index in [0.717, 1.165) is 33.5 Å². The summed E-state index contributed by atoms with van der Waals surface area (Å²) in [4.78, 5) is 0.331. The van der Waals surface area contributed by atoms with Gasteiger partial charge in [-0.05, 0) is 55.3 Å². The maximum atomic E-state index is 13.1. The van der Waals surface area contributed by atoms with Gasteiger partial charge < -0.3 is 9.30 Å². The van der Waals surface area contributed by atoms with Gasteiger partial charge in [-0.2, -0.15) is 8.42 Å². The monoisotopic (exact) mass is 394 g/mol. The Kier molecular flexibility index (Phi) is 5.27. The van der Waals surface area contributed by atoms with Gasteiger partial charge in [0.15, 0.2) is 0 Å². The first-order valence-electron chi connectivity index (χ1n) is 7.98. The number of rotatable bonds is 5. The molecule has 0 unspecified atom stereocenters. The van der Waals surface area contributed by atoms with Crippen LogP contribution in [0.4, 0.5) is 4.39 Å². The Balaban J connectivity index is 2.24. The number of benzene rings is 2. The van der Waals surface area contributed by atoms with Crippen LogP contribution in [-0.4, -0.2) is 26.7 Å². The van der Waals surface area contributed by atoms with Crippen molar-refractivity contribution in [2.45, 2.75) is 25.3 Å². The fourth-order valence-electron chi connectivity index (χ4n) is 2.74. The normalized spacial score (nSPS) is 12.8. The minimum absolute atomic E-state index is 0.0393. The Bertz CT molecular complexity index is 1110. The number of hydrogen-bond donors (Lipinski definition) is 0. The fourth-order valence-corrected chi connectivity index (χ4v) is 5.05. The van der Waals surface area contributed by atoms with Crippen LogP contribution in [0.5, 0.6) is 0 Å². The van der Waals surface area contributed by atoms with E-state index in [9.17, 15) is 12.8 Å². The van der Waals surface area contributed by atoms with Crippen LogP contribution in [-0.2, 0) is 21.3 Å². The van der Waals surface area contributed by atoms with Crippen LogP contribution in [0.15, 0.2) is 45.7 Å². The number of ether oxygens (including phenoxy) is 1. The highest BCUT2D eigenvalue weighted by Gasteiger charge is 2.16. The molecule has 5 nitrogen and oxygen atoms in total. The number of methoxy groups -OCH3 is 1. The van der Waals surface area contributed by atoms with Gasteiger partial charge in [0.05, 0.1) is 21.7 Å². The molecule has 2 aromatic carbocycles. The molecule has 3 aromatic rings. The number of fused-ring (bicyclic) bond motifs is 1. The smallest absolute Gasteiger partial charge is 0.285 e. The van der Waals surface area contributed by atoms with Crippen LogP contribution >= 0.6 is 11.3 Å². The van der Waals surface area contributed by atoms with Crippen LogP contribution in [0.2, 0.25) is 0 Å². The lowest BCUT2D eigenvalue weighted by atomic mass is 10.1. The average Bonchev–Trinajstić information content (AvgIpc) is 2.90. The van der Waals surface area contributed by atoms with E-state index in [4.69, 9.17) is 4.74 Å². The van der Waals surface area contributed by atoms with E-state index in [1.165, 1.54) is 23.5 Å². The van der Waals surface area contributed by atoms with Gasteiger partial charge in [0, 0.05) is 13.7 Å². The highest BCUT2D eigenvalue weighted by Crippen LogP contribution is 2.24. The van der Waals surface area contributed by atoms with E-state index < -0.39 is 15.8 Å². The highest BCUT2D eigenvalue weighted by atomic mass is 32.2. The van der Waals surface area contributed by atoms with Crippen molar-refractivity contribution in [1.82, 2.24) is 4.57 Å². The lowest BCUT2D eigenvalue weighted by molar-refractivity contribution is 0.187. The van der Waals surface area contributed by atoms with Gasteiger partial charge in [0.1, 0.15) is 5.82 Å². The summed E-state index contributed by atoms with van der Waals surface area (Å²) in [6.07, 6.45) is 0. The second kappa shape index (κ2) is 7.30. The number of sulfonamides is 1. The molecule has 0 aliphatic rings. The molecule has 1 aromatic heterocycles. The van der Waals surface area contributed by atoms with E-state index >= 15 is 0 Å². The van der Waals surface area contributed by atoms with Gasteiger partial charge in [0.25, 0.3) is 10.0 Å². The second-order valence-electron chi connectivity index (χ2n) is 5.98. The molecule has 0 spiro atoms. The van der Waals surface area contributed by atoms with Crippen molar-refractivity contribution in [3.63, 3.8) is 0 Å². The van der Waals surface area contributed by atoms with Gasteiger partial charge in [-0.3, -0.25) is 0 Å². The molecule has 0 saturated heterocycles. The summed E-state index contributed by atoms with van der Waals surface area (Å²) in [5.41, 5.74) is 3.08. The molecule has 0 atom stereocenters. The largest absolute Gasteiger partial charge is 0.383 e. The number of halogens is 1. The predicted octanol–water partition coefficient (Wildman–Crippen LogP) is 3.39. The first-order valence-corrected chi connectivity index (χ1v) is 10.2. The van der Waals surface area contributed by atoms with Crippen molar-refractivity contribution in [1.29, 1.82) is 0 Å². The lowest BCUT2D eigenvalue weighted by Gasteiger charge is -2.06. The first-order chi connectivity index (χ1) is 12.3. The van der Waals surface area contributed by atoms with E-state index in [2.05, 4.69) is 10.5 Å². The Morgan fingerprint density at radius 2 is 1.88 bits per heavy atom. The average molecular weight is 394 g/mol. The van der Waals surface area contributed by atoms with Crippen LogP contribution < -0.4 is 4.80 Å². The van der Waals surface area contributed by atoms with Crippen LogP contribution in [0.3, 0.4) is 0 Å². The molecular weight excluding hydrogens is 375 g/mol. The van der Waals surface area contributed by atoms with Crippen LogP contribution in [0, 0.1) is 19.7 Å². The van der Waals surface area contributed by atoms with Crippen LogP contribution in [0.1, 0.15) is 11.1 Å². The SMILES string of the molecule is COCCn1c(=NS(=O)(=O)c2ccc(F)cc2)sc2c(C)cc(C)cc21. The van der Waals surface area contributed by atoms with E-state index in [0.29, 0.717) is 18.0 Å². The Hall–Kier alpha value is -2.03. The quantitative estimate of drug-likeness (QED) is 0.666. The molecule has 0 saturated carbocycles. The van der Waals surface area contributed by atoms with Crippen molar-refractivity contribution in [3.05, 3.63) is 58.1 Å². The number of thiazole rings is 1. The Labute approximate surface area is 155 Å². The molecule has 0 N–H and O–H groups in total. The minimum Gasteiger partial charge on any atom is -0.383 e. The summed E-state index contributed by atoms with van der Waals surface area (Å²) in [6, 6.07) is 8.72. The summed E-state index contributed by atoms with van der Waals surface area (Å²) >= 11 is 1.32. The zero-order valence-electron chi connectivity index (χ0n) is 14.7. The van der Waals surface area contributed by atoms with E-state index in [-0.39, 0.29) is 4.90 Å². The molecule has 0 aliphatic carbocycles. The third kappa shape index (κ3) is 3.72. The van der Waals surface area contributed by atoms with Gasteiger partial charge in [-0.25, -0.2) is 4.39 Å². The Morgan fingerprint density at radius 3 is 2.54 bits per heavy atom. The molecule has 0 aliphatic heterocycles. The third-order valence-electron chi connectivity index (χ3n) is 3.94. The van der Waals surface area contributed by atoms with E-state index in [1.54, 1.807) is 7.11 Å².